The van der Waals surface area contributed by atoms with E-state index in [-0.39, 0.29) is 5.56 Å². The van der Waals surface area contributed by atoms with Crippen LogP contribution in [-0.4, -0.2) is 18.2 Å². The Bertz CT molecular complexity index is 356. The number of ether oxygens (including phenoxy) is 1. The van der Waals surface area contributed by atoms with E-state index in [9.17, 15) is 4.79 Å². The van der Waals surface area contributed by atoms with Gasteiger partial charge in [0.1, 0.15) is 5.75 Å². The number of carboxylic acid groups (broad SMARTS) is 1. The van der Waals surface area contributed by atoms with Gasteiger partial charge in [0.05, 0.1) is 12.7 Å². The van der Waals surface area contributed by atoms with Gasteiger partial charge in [-0.15, -0.1) is 0 Å². The van der Waals surface area contributed by atoms with E-state index in [0.29, 0.717) is 11.7 Å². The normalized spacial score (nSPS) is 10.4. The van der Waals surface area contributed by atoms with Crippen LogP contribution in [0.25, 0.3) is 0 Å². The van der Waals surface area contributed by atoms with E-state index in [0.717, 1.165) is 12.0 Å². The van der Waals surface area contributed by atoms with Crippen molar-refractivity contribution in [2.45, 2.75) is 20.3 Å². The van der Waals surface area contributed by atoms with Crippen molar-refractivity contribution in [3.63, 3.8) is 0 Å². The first-order chi connectivity index (χ1) is 7.04. The standard InChI is InChI=1S/C12H16O3/c1-8(2)6-9-4-5-10(12(13)14)7-11(9)15-3/h4-5,7-8H,6H2,1-3H3,(H,13,14). The molecule has 0 saturated heterocycles. The summed E-state index contributed by atoms with van der Waals surface area (Å²) in [6, 6.07) is 5.00. The summed E-state index contributed by atoms with van der Waals surface area (Å²) in [5.74, 6) is 0.252. The zero-order chi connectivity index (χ0) is 11.4. The molecule has 1 aromatic rings. The van der Waals surface area contributed by atoms with Crippen molar-refractivity contribution >= 4 is 5.97 Å². The van der Waals surface area contributed by atoms with E-state index >= 15 is 0 Å². The number of carbonyl (C=O) groups is 1. The number of rotatable bonds is 4. The highest BCUT2D eigenvalue weighted by atomic mass is 16.5. The van der Waals surface area contributed by atoms with Crippen LogP contribution in [0.1, 0.15) is 29.8 Å². The first kappa shape index (κ1) is 11.6. The van der Waals surface area contributed by atoms with Crippen molar-refractivity contribution in [1.82, 2.24) is 0 Å². The molecule has 0 unspecified atom stereocenters. The minimum Gasteiger partial charge on any atom is -0.496 e. The Kier molecular flexibility index (Phi) is 3.72. The van der Waals surface area contributed by atoms with Crippen molar-refractivity contribution in [2.75, 3.05) is 7.11 Å². The molecule has 82 valence electrons. The minimum atomic E-state index is -0.926. The van der Waals surface area contributed by atoms with E-state index < -0.39 is 5.97 Å². The van der Waals surface area contributed by atoms with E-state index in [1.54, 1.807) is 19.2 Å². The zero-order valence-electron chi connectivity index (χ0n) is 9.28. The van der Waals surface area contributed by atoms with Gasteiger partial charge in [0.2, 0.25) is 0 Å². The molecule has 3 nitrogen and oxygen atoms in total. The van der Waals surface area contributed by atoms with Crippen molar-refractivity contribution in [1.29, 1.82) is 0 Å². The number of methoxy groups -OCH3 is 1. The molecule has 0 atom stereocenters. The van der Waals surface area contributed by atoms with Crippen LogP contribution in [0.3, 0.4) is 0 Å². The van der Waals surface area contributed by atoms with Gasteiger partial charge in [0.15, 0.2) is 0 Å². The van der Waals surface area contributed by atoms with Gasteiger partial charge in [0, 0.05) is 0 Å². The van der Waals surface area contributed by atoms with E-state index in [1.807, 2.05) is 6.07 Å². The van der Waals surface area contributed by atoms with Gasteiger partial charge >= 0.3 is 5.97 Å². The van der Waals surface area contributed by atoms with Crippen LogP contribution < -0.4 is 4.74 Å². The third-order valence-electron chi connectivity index (χ3n) is 2.16. The first-order valence-corrected chi connectivity index (χ1v) is 4.94. The smallest absolute Gasteiger partial charge is 0.335 e. The molecule has 0 saturated carbocycles. The van der Waals surface area contributed by atoms with Gasteiger partial charge in [-0.1, -0.05) is 19.9 Å². The summed E-state index contributed by atoms with van der Waals surface area (Å²) in [4.78, 5) is 10.7. The highest BCUT2D eigenvalue weighted by Gasteiger charge is 2.09. The maximum absolute atomic E-state index is 10.7. The van der Waals surface area contributed by atoms with Crippen LogP contribution >= 0.6 is 0 Å². The lowest BCUT2D eigenvalue weighted by molar-refractivity contribution is 0.0696. The summed E-state index contributed by atoms with van der Waals surface area (Å²) < 4.78 is 5.17. The Hall–Kier alpha value is -1.51. The number of hydrogen-bond acceptors (Lipinski definition) is 2. The molecule has 0 aliphatic heterocycles. The lowest BCUT2D eigenvalue weighted by Crippen LogP contribution is -2.01. The Morgan fingerprint density at radius 2 is 2.13 bits per heavy atom. The fourth-order valence-corrected chi connectivity index (χ4v) is 1.49. The van der Waals surface area contributed by atoms with Crippen molar-refractivity contribution < 1.29 is 14.6 Å². The Balaban J connectivity index is 3.03. The van der Waals surface area contributed by atoms with E-state index in [4.69, 9.17) is 9.84 Å². The summed E-state index contributed by atoms with van der Waals surface area (Å²) in [7, 11) is 1.56. The summed E-state index contributed by atoms with van der Waals surface area (Å²) in [6.07, 6.45) is 0.892. The van der Waals surface area contributed by atoms with Crippen molar-refractivity contribution in [3.05, 3.63) is 29.3 Å². The number of carboxylic acids is 1. The van der Waals surface area contributed by atoms with Gasteiger partial charge in [-0.2, -0.15) is 0 Å². The summed E-state index contributed by atoms with van der Waals surface area (Å²) in [5, 5.41) is 8.82. The van der Waals surface area contributed by atoms with Crippen LogP contribution in [0.15, 0.2) is 18.2 Å². The fraction of sp³-hybridized carbons (Fsp3) is 0.417. The molecule has 1 aromatic carbocycles. The molecule has 0 amide bonds. The number of benzene rings is 1. The number of aromatic carboxylic acids is 1. The van der Waals surface area contributed by atoms with Crippen molar-refractivity contribution in [2.24, 2.45) is 5.92 Å². The lowest BCUT2D eigenvalue weighted by Gasteiger charge is -2.11. The maximum Gasteiger partial charge on any atom is 0.335 e. The second kappa shape index (κ2) is 4.82. The van der Waals surface area contributed by atoms with Crippen LogP contribution in [0.4, 0.5) is 0 Å². The zero-order valence-corrected chi connectivity index (χ0v) is 9.28. The van der Waals surface area contributed by atoms with Gasteiger partial charge < -0.3 is 9.84 Å². The topological polar surface area (TPSA) is 46.5 Å². The molecule has 0 aromatic heterocycles. The molecular formula is C12H16O3. The van der Waals surface area contributed by atoms with E-state index in [2.05, 4.69) is 13.8 Å². The quantitative estimate of drug-likeness (QED) is 0.827. The van der Waals surface area contributed by atoms with Gasteiger partial charge in [-0.3, -0.25) is 0 Å². The average molecular weight is 208 g/mol. The summed E-state index contributed by atoms with van der Waals surface area (Å²) in [5.41, 5.74) is 1.32. The molecule has 0 heterocycles. The predicted octanol–water partition coefficient (Wildman–Crippen LogP) is 2.59. The molecule has 0 aliphatic rings. The largest absolute Gasteiger partial charge is 0.496 e. The van der Waals surface area contributed by atoms with Crippen LogP contribution in [-0.2, 0) is 6.42 Å². The average Bonchev–Trinajstić information content (AvgIpc) is 2.17. The molecule has 3 heteroatoms. The highest BCUT2D eigenvalue weighted by molar-refractivity contribution is 5.88. The molecule has 1 N–H and O–H groups in total. The SMILES string of the molecule is COc1cc(C(=O)O)ccc1CC(C)C. The molecule has 15 heavy (non-hydrogen) atoms. The van der Waals surface area contributed by atoms with Crippen LogP contribution in [0.2, 0.25) is 0 Å². The fourth-order valence-electron chi connectivity index (χ4n) is 1.49. The van der Waals surface area contributed by atoms with Gasteiger partial charge in [-0.25, -0.2) is 4.79 Å². The highest BCUT2D eigenvalue weighted by Crippen LogP contribution is 2.23. The lowest BCUT2D eigenvalue weighted by atomic mass is 10.0. The molecular weight excluding hydrogens is 192 g/mol. The molecule has 0 radical (unpaired) electrons. The van der Waals surface area contributed by atoms with Gasteiger partial charge in [-0.05, 0) is 30.0 Å². The molecule has 0 spiro atoms. The molecule has 0 fully saturated rings. The molecule has 1 rings (SSSR count). The molecule has 0 aliphatic carbocycles. The van der Waals surface area contributed by atoms with E-state index in [1.165, 1.54) is 0 Å². The Labute approximate surface area is 89.7 Å². The van der Waals surface area contributed by atoms with Crippen molar-refractivity contribution in [3.8, 4) is 5.75 Å². The minimum absolute atomic E-state index is 0.263. The monoisotopic (exact) mass is 208 g/mol. The van der Waals surface area contributed by atoms with Crippen LogP contribution in [0, 0.1) is 5.92 Å². The van der Waals surface area contributed by atoms with Gasteiger partial charge in [0.25, 0.3) is 0 Å². The Morgan fingerprint density at radius 1 is 1.47 bits per heavy atom. The maximum atomic E-state index is 10.7. The second-order valence-electron chi connectivity index (χ2n) is 3.93. The van der Waals surface area contributed by atoms with Crippen LogP contribution in [0.5, 0.6) is 5.75 Å². The number of hydrogen-bond donors (Lipinski definition) is 1. The third kappa shape index (κ3) is 2.98. The first-order valence-electron chi connectivity index (χ1n) is 4.94. The molecule has 0 bridgehead atoms. The predicted molar refractivity (Wildman–Crippen MR) is 58.5 cm³/mol. The summed E-state index contributed by atoms with van der Waals surface area (Å²) in [6.45, 7) is 4.23. The third-order valence-corrected chi connectivity index (χ3v) is 2.16. The second-order valence-corrected chi connectivity index (χ2v) is 3.93. The summed E-state index contributed by atoms with van der Waals surface area (Å²) >= 11 is 0. The Morgan fingerprint density at radius 3 is 2.60 bits per heavy atom.